The molecule has 0 bridgehead atoms. The molecule has 0 aromatic carbocycles. The highest BCUT2D eigenvalue weighted by Gasteiger charge is 2.17. The number of ether oxygens (including phenoxy) is 3. The zero-order chi connectivity index (χ0) is 52.0. The number of esters is 2. The van der Waals surface area contributed by atoms with Gasteiger partial charge in [-0.15, -0.1) is 0 Å². The van der Waals surface area contributed by atoms with Crippen molar-refractivity contribution in [1.82, 2.24) is 0 Å². The van der Waals surface area contributed by atoms with Crippen LogP contribution in [0.2, 0.25) is 0 Å². The number of carbonyl (C=O) groups excluding carboxylic acids is 2. The second kappa shape index (κ2) is 60.8. The highest BCUT2D eigenvalue weighted by atomic mass is 16.6. The molecule has 0 amide bonds. The molecule has 0 fully saturated rings. The summed E-state index contributed by atoms with van der Waals surface area (Å²) in [6, 6.07) is 0. The maximum Gasteiger partial charge on any atom is 0.306 e. The molecule has 404 valence electrons. The van der Waals surface area contributed by atoms with E-state index in [1.165, 1.54) is 51.4 Å². The second-order valence-electron chi connectivity index (χ2n) is 18.4. The molecule has 0 rings (SSSR count). The van der Waals surface area contributed by atoms with Gasteiger partial charge in [0.05, 0.1) is 6.61 Å². The first kappa shape index (κ1) is 67.5. The highest BCUT2D eigenvalue weighted by Crippen LogP contribution is 2.13. The van der Waals surface area contributed by atoms with E-state index in [0.29, 0.717) is 19.4 Å². The van der Waals surface area contributed by atoms with E-state index in [0.717, 1.165) is 135 Å². The van der Waals surface area contributed by atoms with E-state index in [2.05, 4.69) is 173 Å². The summed E-state index contributed by atoms with van der Waals surface area (Å²) in [5.74, 6) is -0.528. The van der Waals surface area contributed by atoms with Crippen molar-refractivity contribution in [2.24, 2.45) is 0 Å². The van der Waals surface area contributed by atoms with Crippen molar-refractivity contribution in [2.45, 2.75) is 232 Å². The lowest BCUT2D eigenvalue weighted by atomic mass is 10.1. The standard InChI is InChI=1S/C67H106O5/c1-4-7-10-13-16-19-22-25-28-31-33-35-38-41-44-47-50-53-56-59-62-70-63-65(72-67(69)61-58-55-52-49-46-43-40-36-30-27-24-21-18-15-12-9-6-3)64-71-66(68)60-57-54-51-48-45-42-39-37-34-32-29-26-23-20-17-14-11-8-5-2/h7-8,10-11,16-21,25-30,33-35,37,41-42,44-45,51,54,65H,4-6,9,12-15,22-24,31-32,36,38-40,43,46-50,52-53,55-64H2,1-3H3/b10-7-,11-8-,19-16-,20-17-,21-18-,28-25-,29-26-,30-27-,35-33-,37-34-,44-41-,45-42-,54-51-. The van der Waals surface area contributed by atoms with E-state index in [9.17, 15) is 9.59 Å². The number of allylic oxidation sites excluding steroid dienone is 26. The minimum Gasteiger partial charge on any atom is -0.462 e. The Bertz CT molecular complexity index is 1590. The first-order chi connectivity index (χ1) is 35.6. The maximum absolute atomic E-state index is 12.9. The van der Waals surface area contributed by atoms with Crippen LogP contribution in [-0.4, -0.2) is 37.9 Å². The number of hydrogen-bond donors (Lipinski definition) is 0. The van der Waals surface area contributed by atoms with Gasteiger partial charge in [0.2, 0.25) is 0 Å². The molecule has 0 saturated carbocycles. The predicted octanol–water partition coefficient (Wildman–Crippen LogP) is 20.2. The topological polar surface area (TPSA) is 61.8 Å². The SMILES string of the molecule is CC/C=C\C/C=C\C/C=C\C/C=C\C/C=C\C/C=C\CCC(=O)OCC(COCCCCCC/C=C\C/C=C\C/C=C\C/C=C\C/C=C\CC)OC(=O)CCCCCCCCC/C=C\C/C=C\CCCCC. The van der Waals surface area contributed by atoms with Crippen LogP contribution in [0.5, 0.6) is 0 Å². The van der Waals surface area contributed by atoms with Gasteiger partial charge in [0.1, 0.15) is 6.61 Å². The molecule has 0 aliphatic heterocycles. The summed E-state index contributed by atoms with van der Waals surface area (Å²) in [6.45, 7) is 7.41. The summed E-state index contributed by atoms with van der Waals surface area (Å²) < 4.78 is 17.4. The quantitative estimate of drug-likeness (QED) is 0.0345. The molecule has 5 heteroatoms. The van der Waals surface area contributed by atoms with Gasteiger partial charge in [-0.3, -0.25) is 9.59 Å². The van der Waals surface area contributed by atoms with E-state index < -0.39 is 6.10 Å². The largest absolute Gasteiger partial charge is 0.462 e. The molecule has 0 radical (unpaired) electrons. The lowest BCUT2D eigenvalue weighted by molar-refractivity contribution is -0.162. The summed E-state index contributed by atoms with van der Waals surface area (Å²) in [5, 5.41) is 0. The Morgan fingerprint density at radius 1 is 0.319 bits per heavy atom. The zero-order valence-corrected chi connectivity index (χ0v) is 46.4. The third kappa shape index (κ3) is 58.1. The van der Waals surface area contributed by atoms with E-state index >= 15 is 0 Å². The minimum atomic E-state index is -0.599. The van der Waals surface area contributed by atoms with Crippen LogP contribution >= 0.6 is 0 Å². The summed E-state index contributed by atoms with van der Waals surface area (Å²) in [7, 11) is 0. The van der Waals surface area contributed by atoms with Crippen molar-refractivity contribution >= 4 is 11.9 Å². The Balaban J connectivity index is 4.50. The Hall–Kier alpha value is -4.48. The number of rotatable bonds is 51. The van der Waals surface area contributed by atoms with Gasteiger partial charge in [-0.1, -0.05) is 237 Å². The molecule has 0 aliphatic rings. The van der Waals surface area contributed by atoms with E-state index in [-0.39, 0.29) is 31.6 Å². The van der Waals surface area contributed by atoms with Crippen molar-refractivity contribution in [3.63, 3.8) is 0 Å². The molecule has 0 aromatic heterocycles. The molecule has 72 heavy (non-hydrogen) atoms. The maximum atomic E-state index is 12.9. The highest BCUT2D eigenvalue weighted by molar-refractivity contribution is 5.70. The van der Waals surface area contributed by atoms with Gasteiger partial charge in [0.25, 0.3) is 0 Å². The molecule has 0 N–H and O–H groups in total. The van der Waals surface area contributed by atoms with Crippen molar-refractivity contribution < 1.29 is 23.8 Å². The average Bonchev–Trinajstić information content (AvgIpc) is 3.38. The lowest BCUT2D eigenvalue weighted by Crippen LogP contribution is -2.30. The van der Waals surface area contributed by atoms with Gasteiger partial charge in [-0.2, -0.15) is 0 Å². The van der Waals surface area contributed by atoms with Crippen molar-refractivity contribution in [3.8, 4) is 0 Å². The smallest absolute Gasteiger partial charge is 0.306 e. The van der Waals surface area contributed by atoms with Crippen LogP contribution in [0.25, 0.3) is 0 Å². The van der Waals surface area contributed by atoms with E-state index in [1.54, 1.807) is 0 Å². The molecule has 0 spiro atoms. The fourth-order valence-corrected chi connectivity index (χ4v) is 7.30. The molecular formula is C67H106O5. The van der Waals surface area contributed by atoms with Gasteiger partial charge >= 0.3 is 11.9 Å². The summed E-state index contributed by atoms with van der Waals surface area (Å²) in [5.41, 5.74) is 0. The molecule has 0 aliphatic carbocycles. The summed E-state index contributed by atoms with van der Waals surface area (Å²) >= 11 is 0. The van der Waals surface area contributed by atoms with Gasteiger partial charge < -0.3 is 14.2 Å². The summed E-state index contributed by atoms with van der Waals surface area (Å²) in [6.07, 6.45) is 89.9. The van der Waals surface area contributed by atoms with E-state index in [4.69, 9.17) is 14.2 Å². The molecule has 1 atom stereocenters. The van der Waals surface area contributed by atoms with Crippen molar-refractivity contribution in [1.29, 1.82) is 0 Å². The normalized spacial score (nSPS) is 13.4. The third-order valence-corrected chi connectivity index (χ3v) is 11.5. The van der Waals surface area contributed by atoms with Crippen LogP contribution in [0, 0.1) is 0 Å². The van der Waals surface area contributed by atoms with Gasteiger partial charge in [0, 0.05) is 19.4 Å². The number of unbranched alkanes of at least 4 members (excludes halogenated alkanes) is 14. The Morgan fingerprint density at radius 3 is 1.06 bits per heavy atom. The van der Waals surface area contributed by atoms with Crippen LogP contribution in [0.3, 0.4) is 0 Å². The van der Waals surface area contributed by atoms with Gasteiger partial charge in [-0.25, -0.2) is 0 Å². The number of carbonyl (C=O) groups is 2. The van der Waals surface area contributed by atoms with Crippen LogP contribution in [0.1, 0.15) is 226 Å². The zero-order valence-electron chi connectivity index (χ0n) is 46.4. The molecule has 5 nitrogen and oxygen atoms in total. The van der Waals surface area contributed by atoms with Gasteiger partial charge in [-0.05, 0) is 135 Å². The predicted molar refractivity (Wildman–Crippen MR) is 315 cm³/mol. The molecule has 0 saturated heterocycles. The average molecular weight is 992 g/mol. The first-order valence-corrected chi connectivity index (χ1v) is 29.0. The summed E-state index contributed by atoms with van der Waals surface area (Å²) in [4.78, 5) is 25.5. The monoisotopic (exact) mass is 991 g/mol. The van der Waals surface area contributed by atoms with Crippen molar-refractivity contribution in [3.05, 3.63) is 158 Å². The second-order valence-corrected chi connectivity index (χ2v) is 18.4. The van der Waals surface area contributed by atoms with Crippen LogP contribution in [0.15, 0.2) is 158 Å². The molecule has 1 unspecified atom stereocenters. The van der Waals surface area contributed by atoms with Crippen molar-refractivity contribution in [2.75, 3.05) is 19.8 Å². The molecule has 0 aromatic rings. The van der Waals surface area contributed by atoms with E-state index in [1.807, 2.05) is 6.08 Å². The van der Waals surface area contributed by atoms with Gasteiger partial charge in [0.15, 0.2) is 6.10 Å². The minimum absolute atomic E-state index is 0.0203. The Kier molecular flexibility index (Phi) is 57.0. The molecule has 0 heterocycles. The fourth-order valence-electron chi connectivity index (χ4n) is 7.30. The Morgan fingerprint density at radius 2 is 0.653 bits per heavy atom. The number of hydrogen-bond acceptors (Lipinski definition) is 5. The van der Waals surface area contributed by atoms with Crippen LogP contribution in [-0.2, 0) is 23.8 Å². The third-order valence-electron chi connectivity index (χ3n) is 11.5. The first-order valence-electron chi connectivity index (χ1n) is 29.0. The Labute approximate surface area is 444 Å². The lowest BCUT2D eigenvalue weighted by Gasteiger charge is -2.18. The fraction of sp³-hybridized carbons (Fsp3) is 0.582. The molecular weight excluding hydrogens is 885 g/mol. The van der Waals surface area contributed by atoms with Crippen LogP contribution < -0.4 is 0 Å². The van der Waals surface area contributed by atoms with Crippen LogP contribution in [0.4, 0.5) is 0 Å².